The molecule has 2 N–H and O–H groups in total. The highest BCUT2D eigenvalue weighted by Gasteiger charge is 2.22. The van der Waals surface area contributed by atoms with Gasteiger partial charge in [0.05, 0.1) is 0 Å². The molecule has 2 rings (SSSR count). The maximum Gasteiger partial charge on any atom is 0.126 e. The minimum absolute atomic E-state index is 0.174. The topological polar surface area (TPSA) is 38.5 Å². The zero-order valence-corrected chi connectivity index (χ0v) is 11.9. The number of halogens is 1. The second-order valence-electron chi connectivity index (χ2n) is 5.40. The Balaban J connectivity index is 2.33. The fourth-order valence-electron chi connectivity index (χ4n) is 2.62. The van der Waals surface area contributed by atoms with Crippen LogP contribution in [-0.2, 0) is 4.74 Å². The molecule has 106 valence electrons. The van der Waals surface area contributed by atoms with Gasteiger partial charge in [-0.2, -0.15) is 0 Å². The Labute approximate surface area is 114 Å². The van der Waals surface area contributed by atoms with E-state index in [0.717, 1.165) is 37.3 Å². The first-order valence-electron chi connectivity index (χ1n) is 6.87. The van der Waals surface area contributed by atoms with E-state index in [1.54, 1.807) is 13.0 Å². The van der Waals surface area contributed by atoms with Gasteiger partial charge >= 0.3 is 0 Å². The first-order valence-corrected chi connectivity index (χ1v) is 6.87. The van der Waals surface area contributed by atoms with Crippen molar-refractivity contribution in [3.05, 3.63) is 29.1 Å². The molecule has 1 fully saturated rings. The van der Waals surface area contributed by atoms with Crippen molar-refractivity contribution in [3.63, 3.8) is 0 Å². The van der Waals surface area contributed by atoms with Crippen molar-refractivity contribution < 1.29 is 9.13 Å². The van der Waals surface area contributed by atoms with Crippen LogP contribution in [0.4, 0.5) is 10.1 Å². The van der Waals surface area contributed by atoms with Gasteiger partial charge < -0.3 is 15.4 Å². The van der Waals surface area contributed by atoms with E-state index in [1.165, 1.54) is 0 Å². The van der Waals surface area contributed by atoms with Crippen LogP contribution in [0.25, 0.3) is 0 Å². The van der Waals surface area contributed by atoms with Gasteiger partial charge in [-0.05, 0) is 49.9 Å². The van der Waals surface area contributed by atoms with Crippen molar-refractivity contribution in [2.45, 2.75) is 38.8 Å². The Morgan fingerprint density at radius 1 is 1.37 bits per heavy atom. The van der Waals surface area contributed by atoms with Gasteiger partial charge in [0.2, 0.25) is 0 Å². The van der Waals surface area contributed by atoms with Gasteiger partial charge in [0, 0.05) is 38.0 Å². The highest BCUT2D eigenvalue weighted by molar-refractivity contribution is 5.57. The summed E-state index contributed by atoms with van der Waals surface area (Å²) in [4.78, 5) is 2.23. The quantitative estimate of drug-likeness (QED) is 0.914. The number of nitrogens with zero attached hydrogens (tertiary/aromatic N) is 1. The van der Waals surface area contributed by atoms with Crippen LogP contribution < -0.4 is 10.6 Å². The molecule has 0 aromatic heterocycles. The van der Waals surface area contributed by atoms with Crippen LogP contribution in [-0.4, -0.2) is 26.3 Å². The van der Waals surface area contributed by atoms with E-state index in [0.29, 0.717) is 11.6 Å². The Morgan fingerprint density at radius 3 is 2.58 bits per heavy atom. The molecular weight excluding hydrogens is 243 g/mol. The number of nitrogens with two attached hydrogens (primary N) is 1. The summed E-state index contributed by atoms with van der Waals surface area (Å²) in [6.45, 7) is 5.28. The molecule has 0 unspecified atom stereocenters. The lowest BCUT2D eigenvalue weighted by Crippen LogP contribution is -2.37. The lowest BCUT2D eigenvalue weighted by atomic mass is 10.00. The van der Waals surface area contributed by atoms with Gasteiger partial charge in [-0.3, -0.25) is 0 Å². The number of hydrogen-bond acceptors (Lipinski definition) is 3. The molecule has 0 spiro atoms. The number of rotatable bonds is 3. The van der Waals surface area contributed by atoms with E-state index in [1.807, 2.05) is 13.0 Å². The third kappa shape index (κ3) is 3.07. The van der Waals surface area contributed by atoms with Gasteiger partial charge in [-0.25, -0.2) is 4.39 Å². The van der Waals surface area contributed by atoms with Gasteiger partial charge in [-0.15, -0.1) is 0 Å². The van der Waals surface area contributed by atoms with Crippen LogP contribution in [0.5, 0.6) is 0 Å². The largest absolute Gasteiger partial charge is 0.381 e. The molecule has 1 saturated heterocycles. The van der Waals surface area contributed by atoms with E-state index in [-0.39, 0.29) is 11.9 Å². The molecule has 0 saturated carbocycles. The Bertz CT molecular complexity index is 442. The Hall–Kier alpha value is -1.13. The van der Waals surface area contributed by atoms with Gasteiger partial charge in [-0.1, -0.05) is 0 Å². The summed E-state index contributed by atoms with van der Waals surface area (Å²) in [5.41, 5.74) is 8.56. The third-order valence-corrected chi connectivity index (χ3v) is 3.92. The summed E-state index contributed by atoms with van der Waals surface area (Å²) < 4.78 is 19.1. The summed E-state index contributed by atoms with van der Waals surface area (Å²) in [6, 6.07) is 3.75. The number of hydrogen-bond donors (Lipinski definition) is 1. The van der Waals surface area contributed by atoms with Gasteiger partial charge in [0.15, 0.2) is 0 Å². The molecule has 0 bridgehead atoms. The summed E-state index contributed by atoms with van der Waals surface area (Å²) in [7, 11) is 2.06. The maximum absolute atomic E-state index is 13.7. The van der Waals surface area contributed by atoms with Crippen molar-refractivity contribution in [3.8, 4) is 0 Å². The van der Waals surface area contributed by atoms with Crippen LogP contribution in [0.2, 0.25) is 0 Å². The van der Waals surface area contributed by atoms with Crippen molar-refractivity contribution in [2.24, 2.45) is 5.73 Å². The molecule has 4 heteroatoms. The molecule has 1 aliphatic heterocycles. The maximum atomic E-state index is 13.7. The molecule has 1 aromatic carbocycles. The van der Waals surface area contributed by atoms with Crippen molar-refractivity contribution in [2.75, 3.05) is 25.2 Å². The number of aryl methyl sites for hydroxylation is 1. The Kier molecular flexibility index (Phi) is 4.42. The second-order valence-corrected chi connectivity index (χ2v) is 5.40. The summed E-state index contributed by atoms with van der Waals surface area (Å²) >= 11 is 0. The molecule has 1 aliphatic rings. The van der Waals surface area contributed by atoms with E-state index in [2.05, 4.69) is 11.9 Å². The van der Waals surface area contributed by atoms with Crippen molar-refractivity contribution >= 4 is 5.69 Å². The first kappa shape index (κ1) is 14.3. The zero-order valence-electron chi connectivity index (χ0n) is 11.9. The first-order chi connectivity index (χ1) is 9.00. The molecule has 3 nitrogen and oxygen atoms in total. The van der Waals surface area contributed by atoms with Crippen molar-refractivity contribution in [1.29, 1.82) is 0 Å². The molecule has 1 atom stereocenters. The van der Waals surface area contributed by atoms with Crippen LogP contribution in [0.1, 0.15) is 36.9 Å². The minimum atomic E-state index is -0.184. The standard InChI is InChI=1S/C15H23FN2O/c1-10-8-15(13(11(2)17)9-14(10)16)18(3)12-4-6-19-7-5-12/h8-9,11-12H,4-7,17H2,1-3H3/t11-/m1/s1. The smallest absolute Gasteiger partial charge is 0.126 e. The average Bonchev–Trinajstić information content (AvgIpc) is 2.41. The molecule has 0 radical (unpaired) electrons. The monoisotopic (exact) mass is 266 g/mol. The van der Waals surface area contributed by atoms with Gasteiger partial charge in [0.1, 0.15) is 5.82 Å². The highest BCUT2D eigenvalue weighted by atomic mass is 19.1. The highest BCUT2D eigenvalue weighted by Crippen LogP contribution is 2.30. The van der Waals surface area contributed by atoms with E-state index in [9.17, 15) is 4.39 Å². The summed E-state index contributed by atoms with van der Waals surface area (Å²) in [6.07, 6.45) is 2.01. The SMILES string of the molecule is Cc1cc(N(C)C2CCOCC2)c([C@@H](C)N)cc1F. The Morgan fingerprint density at radius 2 is 2.00 bits per heavy atom. The summed E-state index contributed by atoms with van der Waals surface area (Å²) in [5, 5.41) is 0. The predicted octanol–water partition coefficient (Wildman–Crippen LogP) is 2.77. The van der Waals surface area contributed by atoms with E-state index >= 15 is 0 Å². The molecule has 0 amide bonds. The normalized spacial score (nSPS) is 18.4. The third-order valence-electron chi connectivity index (χ3n) is 3.92. The van der Waals surface area contributed by atoms with Crippen molar-refractivity contribution in [1.82, 2.24) is 0 Å². The molecule has 1 aromatic rings. The predicted molar refractivity (Wildman–Crippen MR) is 76.0 cm³/mol. The number of benzene rings is 1. The lowest BCUT2D eigenvalue weighted by Gasteiger charge is -2.35. The fourth-order valence-corrected chi connectivity index (χ4v) is 2.62. The van der Waals surface area contributed by atoms with Gasteiger partial charge in [0.25, 0.3) is 0 Å². The average molecular weight is 266 g/mol. The van der Waals surface area contributed by atoms with Crippen LogP contribution >= 0.6 is 0 Å². The van der Waals surface area contributed by atoms with Crippen LogP contribution in [0.3, 0.4) is 0 Å². The lowest BCUT2D eigenvalue weighted by molar-refractivity contribution is 0.0854. The van der Waals surface area contributed by atoms with E-state index in [4.69, 9.17) is 10.5 Å². The molecule has 1 heterocycles. The molecule has 0 aliphatic carbocycles. The molecular formula is C15H23FN2O. The fraction of sp³-hybridized carbons (Fsp3) is 0.600. The number of anilines is 1. The minimum Gasteiger partial charge on any atom is -0.381 e. The number of ether oxygens (including phenoxy) is 1. The van der Waals surface area contributed by atoms with Crippen LogP contribution in [0, 0.1) is 12.7 Å². The zero-order chi connectivity index (χ0) is 14.0. The molecule has 19 heavy (non-hydrogen) atoms. The summed E-state index contributed by atoms with van der Waals surface area (Å²) in [5.74, 6) is -0.184. The van der Waals surface area contributed by atoms with Crippen LogP contribution in [0.15, 0.2) is 12.1 Å². The van der Waals surface area contributed by atoms with E-state index < -0.39 is 0 Å². The second kappa shape index (κ2) is 5.88.